The van der Waals surface area contributed by atoms with Crippen molar-refractivity contribution >= 4 is 28.2 Å². The van der Waals surface area contributed by atoms with E-state index >= 15 is 0 Å². The van der Waals surface area contributed by atoms with Gasteiger partial charge in [-0.3, -0.25) is 4.79 Å². The van der Waals surface area contributed by atoms with E-state index < -0.39 is 11.9 Å². The molecule has 2 aromatic heterocycles. The lowest BCUT2D eigenvalue weighted by atomic mass is 9.86. The average Bonchev–Trinajstić information content (AvgIpc) is 3.28. The summed E-state index contributed by atoms with van der Waals surface area (Å²) in [5.41, 5.74) is 2.42. The standard InChI is InChI=1S/C22H24N2O4S/c1-6-27-21(26)19-18(13(2)28-24-19)20(25)23-17-12-11-16(29-17)14-7-9-15(10-8-14)22(3,4)5/h7-12H,6H2,1-5H3,(H,23,25). The molecule has 1 N–H and O–H groups in total. The molecule has 0 aliphatic heterocycles. The molecule has 0 aliphatic rings. The number of hydrogen-bond donors (Lipinski definition) is 1. The van der Waals surface area contributed by atoms with E-state index in [4.69, 9.17) is 9.26 Å². The first-order valence-electron chi connectivity index (χ1n) is 9.36. The predicted octanol–water partition coefficient (Wildman–Crippen LogP) is 5.44. The van der Waals surface area contributed by atoms with Gasteiger partial charge < -0.3 is 14.6 Å². The molecule has 1 amide bonds. The molecule has 2 heterocycles. The molecule has 3 rings (SSSR count). The highest BCUT2D eigenvalue weighted by Gasteiger charge is 2.26. The van der Waals surface area contributed by atoms with Crippen LogP contribution < -0.4 is 5.32 Å². The maximum Gasteiger partial charge on any atom is 0.361 e. The SMILES string of the molecule is CCOC(=O)c1noc(C)c1C(=O)Nc1ccc(-c2ccc(C(C)(C)C)cc2)s1. The minimum atomic E-state index is -0.680. The summed E-state index contributed by atoms with van der Waals surface area (Å²) in [6.07, 6.45) is 0. The zero-order valence-electron chi connectivity index (χ0n) is 17.2. The summed E-state index contributed by atoms with van der Waals surface area (Å²) in [6.45, 7) is 10.00. The van der Waals surface area contributed by atoms with Gasteiger partial charge >= 0.3 is 5.97 Å². The number of aromatic nitrogens is 1. The van der Waals surface area contributed by atoms with Gasteiger partial charge in [-0.05, 0) is 42.5 Å². The van der Waals surface area contributed by atoms with Crippen LogP contribution in [0, 0.1) is 6.92 Å². The molecule has 3 aromatic rings. The number of nitrogens with zero attached hydrogens (tertiary/aromatic N) is 1. The zero-order chi connectivity index (χ0) is 21.2. The summed E-state index contributed by atoms with van der Waals surface area (Å²) in [7, 11) is 0. The van der Waals surface area contributed by atoms with Gasteiger partial charge in [0.25, 0.3) is 5.91 Å². The minimum Gasteiger partial charge on any atom is -0.461 e. The third-order valence-electron chi connectivity index (χ3n) is 4.44. The second-order valence-electron chi connectivity index (χ2n) is 7.63. The number of nitrogens with one attached hydrogen (secondary N) is 1. The lowest BCUT2D eigenvalue weighted by Crippen LogP contribution is -2.17. The van der Waals surface area contributed by atoms with Crippen molar-refractivity contribution in [3.63, 3.8) is 0 Å². The third-order valence-corrected chi connectivity index (χ3v) is 5.49. The van der Waals surface area contributed by atoms with Gasteiger partial charge in [-0.25, -0.2) is 4.79 Å². The summed E-state index contributed by atoms with van der Waals surface area (Å²) >= 11 is 1.46. The maximum atomic E-state index is 12.7. The van der Waals surface area contributed by atoms with E-state index in [2.05, 4.69) is 55.5 Å². The molecule has 6 nitrogen and oxygen atoms in total. The Bertz CT molecular complexity index is 1030. The number of carbonyl (C=O) groups excluding carboxylic acids is 2. The highest BCUT2D eigenvalue weighted by molar-refractivity contribution is 7.19. The predicted molar refractivity (Wildman–Crippen MR) is 114 cm³/mol. The van der Waals surface area contributed by atoms with Gasteiger partial charge in [-0.1, -0.05) is 50.2 Å². The molecule has 0 atom stereocenters. The number of rotatable bonds is 5. The Kier molecular flexibility index (Phi) is 5.88. The summed E-state index contributed by atoms with van der Waals surface area (Å²) in [6, 6.07) is 12.2. The van der Waals surface area contributed by atoms with Crippen LogP contribution in [0.25, 0.3) is 10.4 Å². The van der Waals surface area contributed by atoms with Crippen LogP contribution in [0.5, 0.6) is 0 Å². The molecular formula is C22H24N2O4S. The third kappa shape index (κ3) is 4.56. The minimum absolute atomic E-state index is 0.0907. The van der Waals surface area contributed by atoms with Crippen molar-refractivity contribution in [2.45, 2.75) is 40.0 Å². The molecule has 0 radical (unpaired) electrons. The number of hydrogen-bond acceptors (Lipinski definition) is 6. The molecule has 0 bridgehead atoms. The number of ether oxygens (including phenoxy) is 1. The van der Waals surface area contributed by atoms with Crippen LogP contribution in [0.1, 0.15) is 59.9 Å². The maximum absolute atomic E-state index is 12.7. The second-order valence-corrected chi connectivity index (χ2v) is 8.71. The normalized spacial score (nSPS) is 11.3. The topological polar surface area (TPSA) is 81.4 Å². The van der Waals surface area contributed by atoms with Gasteiger partial charge in [0.2, 0.25) is 5.69 Å². The fourth-order valence-electron chi connectivity index (χ4n) is 2.85. The number of anilines is 1. The lowest BCUT2D eigenvalue weighted by Gasteiger charge is -2.18. The number of esters is 1. The van der Waals surface area contributed by atoms with Crippen molar-refractivity contribution in [1.82, 2.24) is 5.16 Å². The van der Waals surface area contributed by atoms with E-state index in [1.54, 1.807) is 13.8 Å². The van der Waals surface area contributed by atoms with Gasteiger partial charge in [0.1, 0.15) is 11.3 Å². The van der Waals surface area contributed by atoms with Crippen LogP contribution >= 0.6 is 11.3 Å². The second kappa shape index (κ2) is 8.21. The first-order chi connectivity index (χ1) is 13.7. The highest BCUT2D eigenvalue weighted by Crippen LogP contribution is 2.33. The summed E-state index contributed by atoms with van der Waals surface area (Å²) in [4.78, 5) is 25.8. The number of amides is 1. The molecule has 0 unspecified atom stereocenters. The Morgan fingerprint density at radius 3 is 2.45 bits per heavy atom. The Labute approximate surface area is 173 Å². The van der Waals surface area contributed by atoms with E-state index in [9.17, 15) is 9.59 Å². The molecule has 0 aliphatic carbocycles. The summed E-state index contributed by atoms with van der Waals surface area (Å²) in [5, 5.41) is 7.16. The first kappa shape index (κ1) is 20.8. The smallest absolute Gasteiger partial charge is 0.361 e. The molecule has 0 saturated heterocycles. The van der Waals surface area contributed by atoms with Crippen LogP contribution in [-0.4, -0.2) is 23.6 Å². The molecular weight excluding hydrogens is 388 g/mol. The first-order valence-corrected chi connectivity index (χ1v) is 10.2. The van der Waals surface area contributed by atoms with Gasteiger partial charge in [-0.15, -0.1) is 11.3 Å². The Hall–Kier alpha value is -2.93. The summed E-state index contributed by atoms with van der Waals surface area (Å²) in [5.74, 6) is -0.872. The Balaban J connectivity index is 1.78. The van der Waals surface area contributed by atoms with Crippen LogP contribution in [-0.2, 0) is 10.2 Å². The van der Waals surface area contributed by atoms with Crippen molar-refractivity contribution in [3.8, 4) is 10.4 Å². The van der Waals surface area contributed by atoms with Crippen LogP contribution in [0.3, 0.4) is 0 Å². The van der Waals surface area contributed by atoms with E-state index in [1.165, 1.54) is 16.9 Å². The zero-order valence-corrected chi connectivity index (χ0v) is 18.0. The number of benzene rings is 1. The van der Waals surface area contributed by atoms with Gasteiger partial charge in [0, 0.05) is 4.88 Å². The fraction of sp³-hybridized carbons (Fsp3) is 0.318. The van der Waals surface area contributed by atoms with Crippen molar-refractivity contribution in [3.05, 3.63) is 59.0 Å². The highest BCUT2D eigenvalue weighted by atomic mass is 32.1. The average molecular weight is 413 g/mol. The molecule has 0 saturated carbocycles. The van der Waals surface area contributed by atoms with Crippen molar-refractivity contribution in [2.75, 3.05) is 11.9 Å². The summed E-state index contributed by atoms with van der Waals surface area (Å²) < 4.78 is 9.97. The van der Waals surface area contributed by atoms with Crippen LogP contribution in [0.2, 0.25) is 0 Å². The monoisotopic (exact) mass is 412 g/mol. The molecule has 0 fully saturated rings. The van der Waals surface area contributed by atoms with E-state index in [1.807, 2.05) is 12.1 Å². The van der Waals surface area contributed by atoms with Gasteiger partial charge in [-0.2, -0.15) is 0 Å². The van der Waals surface area contributed by atoms with E-state index in [-0.39, 0.29) is 29.0 Å². The van der Waals surface area contributed by atoms with Gasteiger partial charge in [0.15, 0.2) is 0 Å². The molecule has 7 heteroatoms. The fourth-order valence-corrected chi connectivity index (χ4v) is 3.75. The van der Waals surface area contributed by atoms with Crippen LogP contribution in [0.15, 0.2) is 40.9 Å². The quantitative estimate of drug-likeness (QED) is 0.565. The number of thiophene rings is 1. The largest absolute Gasteiger partial charge is 0.461 e. The van der Waals surface area contributed by atoms with Crippen molar-refractivity contribution < 1.29 is 18.8 Å². The molecule has 152 valence electrons. The van der Waals surface area contributed by atoms with Crippen LogP contribution in [0.4, 0.5) is 5.00 Å². The van der Waals surface area contributed by atoms with Crippen molar-refractivity contribution in [1.29, 1.82) is 0 Å². The molecule has 1 aromatic carbocycles. The Morgan fingerprint density at radius 1 is 1.14 bits per heavy atom. The van der Waals surface area contributed by atoms with Gasteiger partial charge in [0.05, 0.1) is 11.6 Å². The Morgan fingerprint density at radius 2 is 1.83 bits per heavy atom. The van der Waals surface area contributed by atoms with Crippen molar-refractivity contribution in [2.24, 2.45) is 0 Å². The van der Waals surface area contributed by atoms with E-state index in [0.717, 1.165) is 10.4 Å². The molecule has 29 heavy (non-hydrogen) atoms. The number of carbonyl (C=O) groups is 2. The molecule has 0 spiro atoms. The number of aryl methyl sites for hydroxylation is 1. The van der Waals surface area contributed by atoms with E-state index in [0.29, 0.717) is 5.00 Å². The lowest BCUT2D eigenvalue weighted by molar-refractivity contribution is 0.0512.